The highest BCUT2D eigenvalue weighted by molar-refractivity contribution is 5.95. The van der Waals surface area contributed by atoms with E-state index in [4.69, 9.17) is 10.5 Å². The minimum absolute atomic E-state index is 0.0594. The second-order valence-electron chi connectivity index (χ2n) is 11.8. The van der Waals surface area contributed by atoms with E-state index in [0.717, 1.165) is 68.1 Å². The number of ether oxygens (including phenoxy) is 1. The first-order chi connectivity index (χ1) is 17.9. The Bertz CT molecular complexity index is 1020. The number of amides is 4. The summed E-state index contributed by atoms with van der Waals surface area (Å²) >= 11 is 0. The number of nitrogens with two attached hydrogens (primary N) is 1. The molecular formula is C29H44N4O5. The highest BCUT2D eigenvalue weighted by Crippen LogP contribution is 2.35. The lowest BCUT2D eigenvalue weighted by Gasteiger charge is -2.44. The molecule has 0 saturated heterocycles. The number of aryl methyl sites for hydroxylation is 2. The summed E-state index contributed by atoms with van der Waals surface area (Å²) in [4.78, 5) is 54.3. The van der Waals surface area contributed by atoms with Crippen LogP contribution in [0.15, 0.2) is 18.2 Å². The minimum Gasteiger partial charge on any atom is -0.444 e. The van der Waals surface area contributed by atoms with Crippen molar-refractivity contribution < 1.29 is 23.9 Å². The highest BCUT2D eigenvalue weighted by atomic mass is 16.6. The summed E-state index contributed by atoms with van der Waals surface area (Å²) in [5.74, 6) is -1.48. The lowest BCUT2D eigenvalue weighted by molar-refractivity contribution is -0.148. The Morgan fingerprint density at radius 3 is 2.21 bits per heavy atom. The lowest BCUT2D eigenvalue weighted by Crippen LogP contribution is -2.58. The van der Waals surface area contributed by atoms with Crippen molar-refractivity contribution in [3.63, 3.8) is 0 Å². The van der Waals surface area contributed by atoms with Crippen LogP contribution in [0.25, 0.3) is 0 Å². The fourth-order valence-electron chi connectivity index (χ4n) is 5.29. The van der Waals surface area contributed by atoms with Crippen LogP contribution in [0, 0.1) is 13.8 Å². The van der Waals surface area contributed by atoms with Gasteiger partial charge in [-0.25, -0.2) is 4.79 Å². The Morgan fingerprint density at radius 1 is 1.03 bits per heavy atom. The molecule has 0 bridgehead atoms. The largest absolute Gasteiger partial charge is 0.444 e. The standard InChI is InChI=1S/C29H44N4O5/c1-18-14-15-22(19(2)16-18)25(26(35)31-20-10-7-6-8-11-20)33(21-12-9-13-21)27(36)23(17-24(30)34)32-28(37)38-29(3,4)5/h14-16,20-21,23,25H,6-13,17H2,1-5H3,(H2,30,34)(H,31,35)(H,32,37). The van der Waals surface area contributed by atoms with Crippen molar-refractivity contribution in [1.29, 1.82) is 0 Å². The first-order valence-electron chi connectivity index (χ1n) is 13.8. The van der Waals surface area contributed by atoms with Gasteiger partial charge in [0.15, 0.2) is 0 Å². The fourth-order valence-corrected chi connectivity index (χ4v) is 5.29. The molecule has 9 heteroatoms. The quantitative estimate of drug-likeness (QED) is 0.447. The number of primary amides is 1. The molecule has 9 nitrogen and oxygen atoms in total. The molecule has 1 aromatic rings. The Labute approximate surface area is 226 Å². The van der Waals surface area contributed by atoms with Gasteiger partial charge in [0, 0.05) is 12.1 Å². The summed E-state index contributed by atoms with van der Waals surface area (Å²) in [6.45, 7) is 9.06. The van der Waals surface area contributed by atoms with E-state index in [2.05, 4.69) is 10.6 Å². The number of nitrogens with zero attached hydrogens (tertiary/aromatic N) is 1. The number of carbonyl (C=O) groups excluding carboxylic acids is 4. The molecule has 1 aromatic carbocycles. The van der Waals surface area contributed by atoms with Gasteiger partial charge in [-0.05, 0) is 77.8 Å². The predicted octanol–water partition coefficient (Wildman–Crippen LogP) is 3.94. The van der Waals surface area contributed by atoms with Crippen molar-refractivity contribution in [2.75, 3.05) is 0 Å². The van der Waals surface area contributed by atoms with Crippen LogP contribution in [0.3, 0.4) is 0 Å². The Balaban J connectivity index is 2.00. The van der Waals surface area contributed by atoms with Crippen LogP contribution in [0.2, 0.25) is 0 Å². The molecule has 0 aromatic heterocycles. The van der Waals surface area contributed by atoms with Crippen LogP contribution in [0.4, 0.5) is 4.79 Å². The van der Waals surface area contributed by atoms with Crippen molar-refractivity contribution in [2.45, 2.75) is 122 Å². The van der Waals surface area contributed by atoms with E-state index in [1.807, 2.05) is 32.0 Å². The number of rotatable bonds is 9. The molecule has 0 radical (unpaired) electrons. The third-order valence-corrected chi connectivity index (χ3v) is 7.31. The molecule has 0 heterocycles. The SMILES string of the molecule is Cc1ccc(C(C(=O)NC2CCCCC2)N(C(=O)C(CC(N)=O)NC(=O)OC(C)(C)C)C2CCC2)c(C)c1. The predicted molar refractivity (Wildman–Crippen MR) is 145 cm³/mol. The zero-order valence-electron chi connectivity index (χ0n) is 23.5. The van der Waals surface area contributed by atoms with Crippen LogP contribution in [0.1, 0.15) is 101 Å². The van der Waals surface area contributed by atoms with Crippen LogP contribution >= 0.6 is 0 Å². The summed E-state index contributed by atoms with van der Waals surface area (Å²) in [6.07, 6.45) is 6.28. The van der Waals surface area contributed by atoms with Crippen LogP contribution < -0.4 is 16.4 Å². The number of carbonyl (C=O) groups is 4. The molecule has 2 aliphatic rings. The Morgan fingerprint density at radius 2 is 1.68 bits per heavy atom. The topological polar surface area (TPSA) is 131 Å². The van der Waals surface area contributed by atoms with E-state index in [0.29, 0.717) is 0 Å². The minimum atomic E-state index is -1.25. The molecule has 210 valence electrons. The normalized spacial score (nSPS) is 18.0. The average molecular weight is 529 g/mol. The zero-order valence-corrected chi connectivity index (χ0v) is 23.5. The second-order valence-corrected chi connectivity index (χ2v) is 11.8. The first-order valence-corrected chi connectivity index (χ1v) is 13.8. The van der Waals surface area contributed by atoms with Crippen molar-refractivity contribution in [1.82, 2.24) is 15.5 Å². The molecule has 4 N–H and O–H groups in total. The van der Waals surface area contributed by atoms with Crippen molar-refractivity contribution in [3.05, 3.63) is 34.9 Å². The van der Waals surface area contributed by atoms with Gasteiger partial charge in [0.2, 0.25) is 17.7 Å². The molecule has 2 unspecified atom stereocenters. The van der Waals surface area contributed by atoms with Gasteiger partial charge in [0.1, 0.15) is 17.7 Å². The summed E-state index contributed by atoms with van der Waals surface area (Å²) in [5.41, 5.74) is 7.38. The summed E-state index contributed by atoms with van der Waals surface area (Å²) in [5, 5.41) is 5.77. The lowest BCUT2D eigenvalue weighted by atomic mass is 9.86. The molecule has 3 rings (SSSR count). The molecule has 2 aliphatic carbocycles. The molecule has 0 aliphatic heterocycles. The maximum absolute atomic E-state index is 14.2. The number of nitrogens with one attached hydrogen (secondary N) is 2. The van der Waals surface area contributed by atoms with Crippen molar-refractivity contribution in [2.24, 2.45) is 5.73 Å². The molecule has 2 fully saturated rings. The van der Waals surface area contributed by atoms with E-state index in [1.165, 1.54) is 0 Å². The third kappa shape index (κ3) is 7.95. The fraction of sp³-hybridized carbons (Fsp3) is 0.655. The van der Waals surface area contributed by atoms with Gasteiger partial charge in [-0.2, -0.15) is 0 Å². The Hall–Kier alpha value is -3.10. The molecule has 2 atom stereocenters. The van der Waals surface area contributed by atoms with Gasteiger partial charge in [-0.1, -0.05) is 43.0 Å². The average Bonchev–Trinajstić information content (AvgIpc) is 2.77. The van der Waals surface area contributed by atoms with Gasteiger partial charge in [-0.3, -0.25) is 14.4 Å². The number of hydrogen-bond acceptors (Lipinski definition) is 5. The zero-order chi connectivity index (χ0) is 28.0. The highest BCUT2D eigenvalue weighted by Gasteiger charge is 2.43. The van der Waals surface area contributed by atoms with Crippen LogP contribution in [-0.2, 0) is 19.1 Å². The van der Waals surface area contributed by atoms with E-state index in [-0.39, 0.29) is 18.0 Å². The number of benzene rings is 1. The smallest absolute Gasteiger partial charge is 0.408 e. The van der Waals surface area contributed by atoms with E-state index < -0.39 is 42.0 Å². The van der Waals surface area contributed by atoms with Gasteiger partial charge < -0.3 is 26.0 Å². The monoisotopic (exact) mass is 528 g/mol. The number of alkyl carbamates (subject to hydrolysis) is 1. The first kappa shape index (κ1) is 29.5. The number of hydrogen-bond donors (Lipinski definition) is 3. The van der Waals surface area contributed by atoms with E-state index in [1.54, 1.807) is 25.7 Å². The van der Waals surface area contributed by atoms with Gasteiger partial charge in [0.25, 0.3) is 0 Å². The van der Waals surface area contributed by atoms with E-state index >= 15 is 0 Å². The van der Waals surface area contributed by atoms with Crippen LogP contribution in [-0.4, -0.2) is 52.4 Å². The van der Waals surface area contributed by atoms with Gasteiger partial charge in [-0.15, -0.1) is 0 Å². The van der Waals surface area contributed by atoms with Gasteiger partial charge >= 0.3 is 6.09 Å². The Kier molecular flexibility index (Phi) is 9.79. The summed E-state index contributed by atoms with van der Waals surface area (Å²) in [6, 6.07) is 3.56. The van der Waals surface area contributed by atoms with Crippen molar-refractivity contribution >= 4 is 23.8 Å². The van der Waals surface area contributed by atoms with Crippen LogP contribution in [0.5, 0.6) is 0 Å². The summed E-state index contributed by atoms with van der Waals surface area (Å²) < 4.78 is 5.35. The molecule has 4 amide bonds. The molecule has 2 saturated carbocycles. The third-order valence-electron chi connectivity index (χ3n) is 7.31. The summed E-state index contributed by atoms with van der Waals surface area (Å²) in [7, 11) is 0. The maximum Gasteiger partial charge on any atom is 0.408 e. The van der Waals surface area contributed by atoms with Crippen molar-refractivity contribution in [3.8, 4) is 0 Å². The maximum atomic E-state index is 14.2. The second kappa shape index (κ2) is 12.6. The molecule has 0 spiro atoms. The van der Waals surface area contributed by atoms with Gasteiger partial charge in [0.05, 0.1) is 6.42 Å². The molecule has 38 heavy (non-hydrogen) atoms. The molecular weight excluding hydrogens is 484 g/mol. The van der Waals surface area contributed by atoms with E-state index in [9.17, 15) is 19.2 Å².